The Labute approximate surface area is 100.0 Å². The zero-order valence-corrected chi connectivity index (χ0v) is 11.2. The van der Waals surface area contributed by atoms with Gasteiger partial charge in [0.05, 0.1) is 7.11 Å². The molecule has 0 N–H and O–H groups in total. The van der Waals surface area contributed by atoms with Gasteiger partial charge in [-0.25, -0.2) is 0 Å². The molecule has 1 aliphatic carbocycles. The highest BCUT2D eigenvalue weighted by atomic mass is 31.1. The van der Waals surface area contributed by atoms with Gasteiger partial charge in [-0.2, -0.15) is 0 Å². The summed E-state index contributed by atoms with van der Waals surface area (Å²) in [6, 6.07) is 8.54. The minimum absolute atomic E-state index is 0.0455. The third kappa shape index (κ3) is 2.58. The molecule has 0 amide bonds. The summed E-state index contributed by atoms with van der Waals surface area (Å²) in [5, 5.41) is 1.45. The molecule has 1 fully saturated rings. The number of para-hydroxylation sites is 1. The quantitative estimate of drug-likeness (QED) is 0.726. The molecular weight excluding hydrogens is 215 g/mol. The van der Waals surface area contributed by atoms with Crippen LogP contribution in [0, 0.1) is 0 Å². The summed E-state index contributed by atoms with van der Waals surface area (Å²) < 4.78 is 5.47. The highest BCUT2D eigenvalue weighted by Crippen LogP contribution is 2.45. The average Bonchev–Trinajstić information content (AvgIpc) is 2.39. The second-order valence-corrected chi connectivity index (χ2v) is 7.01. The Bertz CT molecular complexity index is 331. The maximum absolute atomic E-state index is 5.47. The first-order valence-electron chi connectivity index (χ1n) is 6.19. The van der Waals surface area contributed by atoms with Crippen molar-refractivity contribution in [2.45, 2.75) is 37.8 Å². The molecule has 0 aliphatic heterocycles. The average molecular weight is 236 g/mol. The first-order valence-corrected chi connectivity index (χ1v) is 8.04. The zero-order chi connectivity index (χ0) is 11.4. The van der Waals surface area contributed by atoms with Gasteiger partial charge in [-0.15, -0.1) is 0 Å². The van der Waals surface area contributed by atoms with Crippen LogP contribution in [0.2, 0.25) is 0 Å². The van der Waals surface area contributed by atoms with E-state index >= 15 is 0 Å². The summed E-state index contributed by atoms with van der Waals surface area (Å²) in [6.07, 6.45) is 7.12. The first kappa shape index (κ1) is 11.9. The summed E-state index contributed by atoms with van der Waals surface area (Å²) in [5.74, 6) is 1.08. The molecule has 0 aromatic heterocycles. The molecule has 0 bridgehead atoms. The predicted octanol–water partition coefficient (Wildman–Crippen LogP) is 3.76. The molecule has 1 aromatic rings. The van der Waals surface area contributed by atoms with Gasteiger partial charge in [0.1, 0.15) is 5.75 Å². The summed E-state index contributed by atoms with van der Waals surface area (Å²) in [7, 11) is 1.74. The smallest absolute Gasteiger partial charge is 0.126 e. The van der Waals surface area contributed by atoms with Crippen molar-refractivity contribution in [2.24, 2.45) is 0 Å². The van der Waals surface area contributed by atoms with Gasteiger partial charge < -0.3 is 4.74 Å². The Morgan fingerprint density at radius 2 is 1.81 bits per heavy atom. The van der Waals surface area contributed by atoms with Crippen LogP contribution in [0.25, 0.3) is 0 Å². The SMILES string of the molecule is COc1ccccc1[P@@](C)C1CCCCC1. The molecule has 0 radical (unpaired) electrons. The normalized spacial score (nSPS) is 19.4. The summed E-state index contributed by atoms with van der Waals surface area (Å²) in [6.45, 7) is 2.42. The summed E-state index contributed by atoms with van der Waals surface area (Å²) in [5.41, 5.74) is 0.917. The van der Waals surface area contributed by atoms with E-state index in [2.05, 4.69) is 30.9 Å². The topological polar surface area (TPSA) is 9.23 Å². The Kier molecular flexibility index (Phi) is 4.23. The molecule has 1 nitrogen and oxygen atoms in total. The molecule has 0 saturated heterocycles. The fourth-order valence-electron chi connectivity index (χ4n) is 2.59. The van der Waals surface area contributed by atoms with E-state index < -0.39 is 0 Å². The largest absolute Gasteiger partial charge is 0.496 e. The van der Waals surface area contributed by atoms with Crippen LogP contribution in [-0.2, 0) is 0 Å². The van der Waals surface area contributed by atoms with E-state index in [0.29, 0.717) is 0 Å². The number of hydrogen-bond acceptors (Lipinski definition) is 1. The minimum atomic E-state index is -0.0455. The third-order valence-corrected chi connectivity index (χ3v) is 6.33. The maximum atomic E-state index is 5.47. The van der Waals surface area contributed by atoms with Gasteiger partial charge in [0.2, 0.25) is 0 Å². The van der Waals surface area contributed by atoms with Gasteiger partial charge in [0.15, 0.2) is 0 Å². The molecule has 1 atom stereocenters. The monoisotopic (exact) mass is 236 g/mol. The zero-order valence-electron chi connectivity index (χ0n) is 10.3. The van der Waals surface area contributed by atoms with Gasteiger partial charge in [-0.3, -0.25) is 0 Å². The predicted molar refractivity (Wildman–Crippen MR) is 72.3 cm³/mol. The van der Waals surface area contributed by atoms with Crippen LogP contribution >= 0.6 is 7.92 Å². The molecule has 1 aliphatic rings. The Morgan fingerprint density at radius 3 is 2.50 bits per heavy atom. The second kappa shape index (κ2) is 5.68. The number of hydrogen-bond donors (Lipinski definition) is 0. The number of ether oxygens (including phenoxy) is 1. The molecule has 2 rings (SSSR count). The lowest BCUT2D eigenvalue weighted by Gasteiger charge is -2.29. The maximum Gasteiger partial charge on any atom is 0.126 e. The van der Waals surface area contributed by atoms with Crippen LogP contribution in [-0.4, -0.2) is 19.4 Å². The molecule has 1 aromatic carbocycles. The van der Waals surface area contributed by atoms with E-state index in [1.807, 2.05) is 0 Å². The van der Waals surface area contributed by atoms with Crippen molar-refractivity contribution in [1.82, 2.24) is 0 Å². The van der Waals surface area contributed by atoms with Gasteiger partial charge in [0, 0.05) is 5.30 Å². The lowest BCUT2D eigenvalue weighted by atomic mass is 10.0. The van der Waals surface area contributed by atoms with Crippen LogP contribution < -0.4 is 10.0 Å². The van der Waals surface area contributed by atoms with Crippen molar-refractivity contribution >= 4 is 13.2 Å². The second-order valence-electron chi connectivity index (χ2n) is 4.57. The van der Waals surface area contributed by atoms with Crippen molar-refractivity contribution < 1.29 is 4.74 Å². The van der Waals surface area contributed by atoms with Crippen molar-refractivity contribution in [1.29, 1.82) is 0 Å². The van der Waals surface area contributed by atoms with Crippen molar-refractivity contribution in [3.8, 4) is 5.75 Å². The molecule has 16 heavy (non-hydrogen) atoms. The van der Waals surface area contributed by atoms with Gasteiger partial charge in [0.25, 0.3) is 0 Å². The van der Waals surface area contributed by atoms with E-state index in [0.717, 1.165) is 11.4 Å². The molecule has 2 heteroatoms. The van der Waals surface area contributed by atoms with E-state index in [9.17, 15) is 0 Å². The number of methoxy groups -OCH3 is 1. The molecular formula is C14H21OP. The first-order chi connectivity index (χ1) is 7.83. The van der Waals surface area contributed by atoms with E-state index in [-0.39, 0.29) is 7.92 Å². The lowest BCUT2D eigenvalue weighted by molar-refractivity contribution is 0.418. The van der Waals surface area contributed by atoms with Crippen LogP contribution in [0.1, 0.15) is 32.1 Å². The third-order valence-electron chi connectivity index (χ3n) is 3.59. The Hall–Kier alpha value is -0.550. The van der Waals surface area contributed by atoms with Gasteiger partial charge >= 0.3 is 0 Å². The number of rotatable bonds is 3. The lowest BCUT2D eigenvalue weighted by Crippen LogP contribution is -2.17. The van der Waals surface area contributed by atoms with Crippen molar-refractivity contribution in [3.05, 3.63) is 24.3 Å². The van der Waals surface area contributed by atoms with Crippen LogP contribution in [0.5, 0.6) is 5.75 Å². The highest BCUT2D eigenvalue weighted by molar-refractivity contribution is 7.65. The summed E-state index contributed by atoms with van der Waals surface area (Å²) >= 11 is 0. The fraction of sp³-hybridized carbons (Fsp3) is 0.571. The van der Waals surface area contributed by atoms with E-state index in [1.165, 1.54) is 37.4 Å². The van der Waals surface area contributed by atoms with Crippen molar-refractivity contribution in [2.75, 3.05) is 13.8 Å². The molecule has 0 heterocycles. The van der Waals surface area contributed by atoms with Crippen LogP contribution in [0.3, 0.4) is 0 Å². The molecule has 1 saturated carbocycles. The summed E-state index contributed by atoms with van der Waals surface area (Å²) in [4.78, 5) is 0. The standard InChI is InChI=1S/C14H21OP/c1-15-13-10-6-7-11-14(13)16(2)12-8-4-3-5-9-12/h6-7,10-12H,3-5,8-9H2,1-2H3/t16-/m0/s1. The van der Waals surface area contributed by atoms with Crippen molar-refractivity contribution in [3.63, 3.8) is 0 Å². The van der Waals surface area contributed by atoms with Crippen LogP contribution in [0.15, 0.2) is 24.3 Å². The molecule has 0 unspecified atom stereocenters. The Balaban J connectivity index is 2.15. The van der Waals surface area contributed by atoms with Crippen LogP contribution in [0.4, 0.5) is 0 Å². The minimum Gasteiger partial charge on any atom is -0.496 e. The van der Waals surface area contributed by atoms with E-state index in [1.54, 1.807) is 7.11 Å². The molecule has 88 valence electrons. The number of benzene rings is 1. The fourth-order valence-corrected chi connectivity index (χ4v) is 4.95. The highest BCUT2D eigenvalue weighted by Gasteiger charge is 2.22. The Morgan fingerprint density at radius 1 is 1.12 bits per heavy atom. The molecule has 0 spiro atoms. The van der Waals surface area contributed by atoms with E-state index in [4.69, 9.17) is 4.74 Å². The van der Waals surface area contributed by atoms with Gasteiger partial charge in [-0.1, -0.05) is 45.4 Å². The van der Waals surface area contributed by atoms with Gasteiger partial charge in [-0.05, 0) is 31.2 Å².